The molecule has 3 aliphatic rings. The van der Waals surface area contributed by atoms with E-state index in [2.05, 4.69) is 27.4 Å². The van der Waals surface area contributed by atoms with Crippen LogP contribution >= 0.6 is 0 Å². The second-order valence-electron chi connectivity index (χ2n) is 6.87. The molecule has 1 heterocycles. The van der Waals surface area contributed by atoms with Crippen LogP contribution in [0.15, 0.2) is 12.2 Å². The van der Waals surface area contributed by atoms with Crippen molar-refractivity contribution in [2.24, 2.45) is 29.1 Å². The number of carbonyl (C=O) groups is 1. The second-order valence-corrected chi connectivity index (χ2v) is 6.87. The molecule has 106 valence electrons. The number of hydrogen-bond acceptors (Lipinski definition) is 3. The van der Waals surface area contributed by atoms with Crippen LogP contribution in [0, 0.1) is 29.1 Å². The van der Waals surface area contributed by atoms with Crippen molar-refractivity contribution in [3.05, 3.63) is 12.2 Å². The van der Waals surface area contributed by atoms with E-state index in [0.717, 1.165) is 18.4 Å². The predicted molar refractivity (Wildman–Crippen MR) is 72.5 cm³/mol. The number of allylic oxidation sites excluding steroid dienone is 1. The average Bonchev–Trinajstić information content (AvgIpc) is 2.86. The Morgan fingerprint density at radius 2 is 2.16 bits per heavy atom. The number of hydrogen-bond donors (Lipinski definition) is 0. The van der Waals surface area contributed by atoms with Crippen LogP contribution in [0.3, 0.4) is 0 Å². The molecule has 3 heteroatoms. The van der Waals surface area contributed by atoms with E-state index in [1.165, 1.54) is 0 Å². The Hall–Kier alpha value is -0.670. The van der Waals surface area contributed by atoms with Gasteiger partial charge in [-0.25, -0.2) is 0 Å². The van der Waals surface area contributed by atoms with Gasteiger partial charge in [-0.15, -0.1) is 0 Å². The summed E-state index contributed by atoms with van der Waals surface area (Å²) in [5, 5.41) is 0. The number of Topliss-reactive ketones (excluding diaryl/α,β-unsaturated/α-hetero) is 1. The van der Waals surface area contributed by atoms with Gasteiger partial charge in [-0.1, -0.05) is 26.0 Å². The fourth-order valence-electron chi connectivity index (χ4n) is 4.78. The zero-order valence-corrected chi connectivity index (χ0v) is 12.3. The first-order valence-corrected chi connectivity index (χ1v) is 7.33. The topological polar surface area (TPSA) is 35.5 Å². The van der Waals surface area contributed by atoms with Crippen LogP contribution in [0.4, 0.5) is 0 Å². The summed E-state index contributed by atoms with van der Waals surface area (Å²) in [7, 11) is 1.69. The molecule has 3 rings (SSSR count). The van der Waals surface area contributed by atoms with E-state index < -0.39 is 0 Å². The summed E-state index contributed by atoms with van der Waals surface area (Å²) < 4.78 is 11.5. The Bertz CT molecular complexity index is 428. The molecule has 1 saturated heterocycles. The number of methoxy groups -OCH3 is 1. The summed E-state index contributed by atoms with van der Waals surface area (Å²) in [5.41, 5.74) is 0.716. The molecule has 0 spiro atoms. The van der Waals surface area contributed by atoms with E-state index >= 15 is 0 Å². The third kappa shape index (κ3) is 1.49. The lowest BCUT2D eigenvalue weighted by molar-refractivity contribution is -0.151. The highest BCUT2D eigenvalue weighted by molar-refractivity contribution is 5.94. The molecule has 0 aromatic heterocycles. The monoisotopic (exact) mass is 264 g/mol. The van der Waals surface area contributed by atoms with Crippen molar-refractivity contribution in [1.82, 2.24) is 0 Å². The van der Waals surface area contributed by atoms with E-state index in [9.17, 15) is 4.79 Å². The Kier molecular flexibility index (Phi) is 2.92. The largest absolute Gasteiger partial charge is 0.356 e. The fourth-order valence-corrected chi connectivity index (χ4v) is 4.78. The molecule has 0 amide bonds. The molecule has 2 saturated carbocycles. The Morgan fingerprint density at radius 1 is 1.47 bits per heavy atom. The van der Waals surface area contributed by atoms with Crippen molar-refractivity contribution in [3.8, 4) is 0 Å². The molecule has 0 radical (unpaired) electrons. The molecule has 3 nitrogen and oxygen atoms in total. The minimum absolute atomic E-state index is 0.223. The van der Waals surface area contributed by atoms with E-state index in [1.54, 1.807) is 7.11 Å². The average molecular weight is 264 g/mol. The summed E-state index contributed by atoms with van der Waals surface area (Å²) in [4.78, 5) is 12.9. The van der Waals surface area contributed by atoms with Gasteiger partial charge in [0.05, 0.1) is 5.41 Å². The van der Waals surface area contributed by atoms with Crippen molar-refractivity contribution < 1.29 is 14.3 Å². The Balaban J connectivity index is 2.08. The van der Waals surface area contributed by atoms with E-state index in [-0.39, 0.29) is 23.6 Å². The molecule has 19 heavy (non-hydrogen) atoms. The maximum Gasteiger partial charge on any atom is 0.172 e. The van der Waals surface area contributed by atoms with Crippen molar-refractivity contribution in [3.63, 3.8) is 0 Å². The van der Waals surface area contributed by atoms with E-state index in [0.29, 0.717) is 23.7 Å². The molecular weight excluding hydrogens is 240 g/mol. The molecule has 6 atom stereocenters. The van der Waals surface area contributed by atoms with Gasteiger partial charge in [0.2, 0.25) is 0 Å². The normalized spacial score (nSPS) is 49.0. The number of carbonyl (C=O) groups excluding carboxylic acids is 1. The number of rotatable bonds is 2. The van der Waals surface area contributed by atoms with E-state index in [1.807, 2.05) is 0 Å². The molecule has 0 aromatic carbocycles. The lowest BCUT2D eigenvalue weighted by Crippen LogP contribution is -2.52. The minimum atomic E-state index is -0.381. The SMILES string of the molecule is C=C1CC[C@H]2[C@H]3[C@H](OC)O[C@@H](C(=O)[C@@]12C)[C@H]3C(C)C. The maximum atomic E-state index is 12.9. The van der Waals surface area contributed by atoms with Gasteiger partial charge < -0.3 is 9.47 Å². The molecule has 2 bridgehead atoms. The van der Waals surface area contributed by atoms with Crippen LogP contribution in [0.2, 0.25) is 0 Å². The minimum Gasteiger partial charge on any atom is -0.356 e. The first kappa shape index (κ1) is 13.3. The van der Waals surface area contributed by atoms with Crippen LogP contribution in [-0.2, 0) is 14.3 Å². The van der Waals surface area contributed by atoms with Crippen molar-refractivity contribution in [2.75, 3.05) is 7.11 Å². The summed E-state index contributed by atoms with van der Waals surface area (Å²) in [6, 6.07) is 0. The smallest absolute Gasteiger partial charge is 0.172 e. The zero-order valence-electron chi connectivity index (χ0n) is 12.3. The van der Waals surface area contributed by atoms with Gasteiger partial charge in [0.1, 0.15) is 6.10 Å². The van der Waals surface area contributed by atoms with Gasteiger partial charge >= 0.3 is 0 Å². The maximum absolute atomic E-state index is 12.9. The van der Waals surface area contributed by atoms with Crippen LogP contribution in [-0.4, -0.2) is 25.3 Å². The van der Waals surface area contributed by atoms with Crippen LogP contribution in [0.5, 0.6) is 0 Å². The molecular formula is C16H24O3. The fraction of sp³-hybridized carbons (Fsp3) is 0.812. The van der Waals surface area contributed by atoms with Gasteiger partial charge in [-0.2, -0.15) is 0 Å². The molecule has 2 aliphatic carbocycles. The zero-order chi connectivity index (χ0) is 13.9. The first-order chi connectivity index (χ1) is 8.92. The van der Waals surface area contributed by atoms with Crippen molar-refractivity contribution >= 4 is 5.78 Å². The number of fused-ring (bicyclic) bond motifs is 4. The highest BCUT2D eigenvalue weighted by Gasteiger charge is 2.66. The molecule has 0 unspecified atom stereocenters. The predicted octanol–water partition coefficient (Wildman–Crippen LogP) is 2.80. The summed E-state index contributed by atoms with van der Waals surface area (Å²) in [6.07, 6.45) is 1.49. The lowest BCUT2D eigenvalue weighted by Gasteiger charge is -2.44. The summed E-state index contributed by atoms with van der Waals surface area (Å²) in [6.45, 7) is 10.6. The number of ketones is 1. The van der Waals surface area contributed by atoms with Crippen LogP contribution in [0.25, 0.3) is 0 Å². The highest BCUT2D eigenvalue weighted by atomic mass is 16.7. The molecule has 0 aromatic rings. The van der Waals surface area contributed by atoms with Crippen molar-refractivity contribution in [2.45, 2.75) is 46.0 Å². The van der Waals surface area contributed by atoms with Crippen molar-refractivity contribution in [1.29, 1.82) is 0 Å². The molecule has 0 N–H and O–H groups in total. The van der Waals surface area contributed by atoms with E-state index in [4.69, 9.17) is 9.47 Å². The second kappa shape index (κ2) is 4.16. The van der Waals surface area contributed by atoms with Crippen LogP contribution < -0.4 is 0 Å². The van der Waals surface area contributed by atoms with Crippen LogP contribution in [0.1, 0.15) is 33.6 Å². The standard InChI is InChI=1S/C16H24O3/c1-8(2)11-12-10-7-6-9(3)16(10,4)14(17)13(11)19-15(12)18-5/h8,10-13,15H,3,6-7H2,1-2,4-5H3/t10-,11-,12+,13+,15+,16-/m0/s1. The first-order valence-electron chi connectivity index (χ1n) is 7.33. The van der Waals surface area contributed by atoms with Gasteiger partial charge in [0.25, 0.3) is 0 Å². The molecule has 3 fully saturated rings. The molecule has 1 aliphatic heterocycles. The Morgan fingerprint density at radius 3 is 2.74 bits per heavy atom. The summed E-state index contributed by atoms with van der Waals surface area (Å²) >= 11 is 0. The van der Waals surface area contributed by atoms with Gasteiger partial charge in [0, 0.05) is 18.9 Å². The highest BCUT2D eigenvalue weighted by Crippen LogP contribution is 2.62. The Labute approximate surface area is 115 Å². The lowest BCUT2D eigenvalue weighted by atomic mass is 9.57. The quantitative estimate of drug-likeness (QED) is 0.719. The van der Waals surface area contributed by atoms with Gasteiger partial charge in [-0.05, 0) is 31.6 Å². The number of ether oxygens (including phenoxy) is 2. The third-order valence-corrected chi connectivity index (χ3v) is 5.86. The van der Waals surface area contributed by atoms with Gasteiger partial charge in [-0.3, -0.25) is 4.79 Å². The third-order valence-electron chi connectivity index (χ3n) is 5.86. The van der Waals surface area contributed by atoms with Gasteiger partial charge in [0.15, 0.2) is 12.1 Å². The summed E-state index contributed by atoms with van der Waals surface area (Å²) in [5.74, 6) is 1.65.